The Kier molecular flexibility index (Phi) is 5.49. The molecule has 22 heavy (non-hydrogen) atoms. The van der Waals surface area contributed by atoms with Crippen LogP contribution >= 0.6 is 0 Å². The fourth-order valence-electron chi connectivity index (χ4n) is 2.78. The van der Waals surface area contributed by atoms with Gasteiger partial charge >= 0.3 is 0 Å². The maximum atomic E-state index is 12.4. The van der Waals surface area contributed by atoms with Crippen LogP contribution in [-0.4, -0.2) is 71.8 Å². The second kappa shape index (κ2) is 7.35. The lowest BCUT2D eigenvalue weighted by Crippen LogP contribution is -2.41. The molecule has 2 heterocycles. The first-order chi connectivity index (χ1) is 10.5. The van der Waals surface area contributed by atoms with Gasteiger partial charge in [-0.3, -0.25) is 19.5 Å². The Labute approximate surface area is 131 Å². The fraction of sp³-hybridized carbons (Fsp3) is 0.562. The minimum Gasteiger partial charge on any atom is -0.348 e. The van der Waals surface area contributed by atoms with Crippen molar-refractivity contribution in [1.29, 1.82) is 0 Å². The van der Waals surface area contributed by atoms with E-state index < -0.39 is 0 Å². The van der Waals surface area contributed by atoms with Crippen molar-refractivity contribution in [3.05, 3.63) is 30.1 Å². The number of nitrogens with zero attached hydrogens (tertiary/aromatic N) is 4. The van der Waals surface area contributed by atoms with Gasteiger partial charge in [0.15, 0.2) is 0 Å². The van der Waals surface area contributed by atoms with Gasteiger partial charge in [0.1, 0.15) is 0 Å². The molecule has 1 aliphatic heterocycles. The van der Waals surface area contributed by atoms with Crippen molar-refractivity contribution in [2.24, 2.45) is 5.92 Å². The van der Waals surface area contributed by atoms with Crippen LogP contribution < -0.4 is 0 Å². The van der Waals surface area contributed by atoms with Crippen molar-refractivity contribution >= 4 is 11.8 Å². The Balaban J connectivity index is 2.11. The summed E-state index contributed by atoms with van der Waals surface area (Å²) in [5.41, 5.74) is 1.12. The second-order valence-corrected chi connectivity index (χ2v) is 5.99. The van der Waals surface area contributed by atoms with Crippen LogP contribution in [0.2, 0.25) is 0 Å². The zero-order chi connectivity index (χ0) is 16.1. The molecule has 2 rings (SSSR count). The van der Waals surface area contributed by atoms with E-state index in [4.69, 9.17) is 0 Å². The fourth-order valence-corrected chi connectivity index (χ4v) is 2.78. The van der Waals surface area contributed by atoms with E-state index in [2.05, 4.69) is 9.88 Å². The lowest BCUT2D eigenvalue weighted by atomic mass is 10.1. The lowest BCUT2D eigenvalue weighted by molar-refractivity contribution is -0.135. The van der Waals surface area contributed by atoms with Gasteiger partial charge in [0.05, 0.1) is 5.92 Å². The average molecular weight is 304 g/mol. The summed E-state index contributed by atoms with van der Waals surface area (Å²) in [5.74, 6) is -0.0813. The van der Waals surface area contributed by atoms with Gasteiger partial charge in [0.2, 0.25) is 11.8 Å². The summed E-state index contributed by atoms with van der Waals surface area (Å²) in [5, 5.41) is 0. The van der Waals surface area contributed by atoms with Crippen molar-refractivity contribution in [3.63, 3.8) is 0 Å². The molecule has 0 unspecified atom stereocenters. The molecule has 2 amide bonds. The zero-order valence-electron chi connectivity index (χ0n) is 13.5. The molecule has 1 atom stereocenters. The Hall–Kier alpha value is -1.95. The molecule has 1 saturated heterocycles. The van der Waals surface area contributed by atoms with E-state index in [-0.39, 0.29) is 17.7 Å². The lowest BCUT2D eigenvalue weighted by Gasteiger charge is -2.25. The molecular formula is C16H24N4O2. The van der Waals surface area contributed by atoms with Gasteiger partial charge in [-0.1, -0.05) is 6.07 Å². The quantitative estimate of drug-likeness (QED) is 0.813. The van der Waals surface area contributed by atoms with Crippen molar-refractivity contribution < 1.29 is 9.59 Å². The van der Waals surface area contributed by atoms with Crippen LogP contribution in [0.1, 0.15) is 12.5 Å². The van der Waals surface area contributed by atoms with Crippen LogP contribution in [0, 0.1) is 5.92 Å². The minimum atomic E-state index is -0.182. The predicted molar refractivity (Wildman–Crippen MR) is 84.0 cm³/mol. The summed E-state index contributed by atoms with van der Waals surface area (Å²) in [7, 11) is 3.52. The average Bonchev–Trinajstić information content (AvgIpc) is 2.70. The number of aromatic nitrogens is 1. The van der Waals surface area contributed by atoms with Crippen LogP contribution in [0.5, 0.6) is 0 Å². The molecule has 120 valence electrons. The SMILES string of the molecule is CC(=O)N1CCN(Cc2cccnc2)C[C@H](C(=O)N(C)C)C1. The van der Waals surface area contributed by atoms with Crippen molar-refractivity contribution in [2.45, 2.75) is 13.5 Å². The van der Waals surface area contributed by atoms with E-state index in [0.717, 1.165) is 18.7 Å². The van der Waals surface area contributed by atoms with E-state index in [0.29, 0.717) is 19.6 Å². The Morgan fingerprint density at radius 1 is 1.32 bits per heavy atom. The maximum absolute atomic E-state index is 12.4. The molecule has 6 nitrogen and oxygen atoms in total. The van der Waals surface area contributed by atoms with Gasteiger partial charge in [-0.05, 0) is 11.6 Å². The van der Waals surface area contributed by atoms with Crippen LogP contribution in [0.4, 0.5) is 0 Å². The predicted octanol–water partition coefficient (Wildman–Crippen LogP) is 0.450. The van der Waals surface area contributed by atoms with Gasteiger partial charge in [-0.15, -0.1) is 0 Å². The smallest absolute Gasteiger partial charge is 0.228 e. The summed E-state index contributed by atoms with van der Waals surface area (Å²) < 4.78 is 0. The Bertz CT molecular complexity index is 518. The summed E-state index contributed by atoms with van der Waals surface area (Å²) in [4.78, 5) is 33.8. The molecule has 1 aromatic heterocycles. The zero-order valence-corrected chi connectivity index (χ0v) is 13.5. The molecule has 1 fully saturated rings. The monoisotopic (exact) mass is 304 g/mol. The molecule has 0 spiro atoms. The Morgan fingerprint density at radius 2 is 2.09 bits per heavy atom. The number of carbonyl (C=O) groups excluding carboxylic acids is 2. The molecule has 1 aromatic rings. The highest BCUT2D eigenvalue weighted by Crippen LogP contribution is 2.14. The van der Waals surface area contributed by atoms with Crippen LogP contribution in [0.15, 0.2) is 24.5 Å². The van der Waals surface area contributed by atoms with Crippen molar-refractivity contribution in [1.82, 2.24) is 19.7 Å². The molecule has 0 bridgehead atoms. The Morgan fingerprint density at radius 3 is 2.68 bits per heavy atom. The van der Waals surface area contributed by atoms with Crippen LogP contribution in [-0.2, 0) is 16.1 Å². The van der Waals surface area contributed by atoms with Gasteiger partial charge in [-0.2, -0.15) is 0 Å². The largest absolute Gasteiger partial charge is 0.348 e. The highest BCUT2D eigenvalue weighted by molar-refractivity contribution is 5.80. The van der Waals surface area contributed by atoms with Crippen molar-refractivity contribution in [2.75, 3.05) is 40.3 Å². The summed E-state index contributed by atoms with van der Waals surface area (Å²) >= 11 is 0. The van der Waals surface area contributed by atoms with Gasteiger partial charge < -0.3 is 9.80 Å². The molecule has 6 heteroatoms. The topological polar surface area (TPSA) is 56.8 Å². The van der Waals surface area contributed by atoms with Gasteiger partial charge in [0.25, 0.3) is 0 Å². The molecule has 0 aliphatic carbocycles. The second-order valence-electron chi connectivity index (χ2n) is 5.99. The third kappa shape index (κ3) is 4.27. The number of rotatable bonds is 3. The summed E-state index contributed by atoms with van der Waals surface area (Å²) in [6.07, 6.45) is 3.60. The highest BCUT2D eigenvalue weighted by Gasteiger charge is 2.29. The van der Waals surface area contributed by atoms with Crippen molar-refractivity contribution in [3.8, 4) is 0 Å². The third-order valence-corrected chi connectivity index (χ3v) is 3.97. The third-order valence-electron chi connectivity index (χ3n) is 3.97. The molecule has 0 N–H and O–H groups in total. The number of carbonyl (C=O) groups is 2. The number of pyridine rings is 1. The van der Waals surface area contributed by atoms with Gasteiger partial charge in [0, 0.05) is 66.1 Å². The molecule has 0 aromatic carbocycles. The number of hydrogen-bond acceptors (Lipinski definition) is 4. The molecular weight excluding hydrogens is 280 g/mol. The van der Waals surface area contributed by atoms with Gasteiger partial charge in [-0.25, -0.2) is 0 Å². The number of amides is 2. The van der Waals surface area contributed by atoms with E-state index >= 15 is 0 Å². The standard InChI is InChI=1S/C16H24N4O2/c1-13(21)20-8-7-19(10-14-5-4-6-17-9-14)11-15(12-20)16(22)18(2)3/h4-6,9,15H,7-8,10-12H2,1-3H3/t15-/m0/s1. The first kappa shape index (κ1) is 16.4. The first-order valence-corrected chi connectivity index (χ1v) is 7.55. The minimum absolute atomic E-state index is 0.0276. The van der Waals surface area contributed by atoms with E-state index in [9.17, 15) is 9.59 Å². The number of hydrogen-bond donors (Lipinski definition) is 0. The van der Waals surface area contributed by atoms with Crippen LogP contribution in [0.3, 0.4) is 0 Å². The molecule has 1 aliphatic rings. The molecule has 0 radical (unpaired) electrons. The maximum Gasteiger partial charge on any atom is 0.228 e. The summed E-state index contributed by atoms with van der Waals surface area (Å²) in [6.45, 7) is 4.90. The van der Waals surface area contributed by atoms with E-state index in [1.54, 1.807) is 37.0 Å². The highest BCUT2D eigenvalue weighted by atomic mass is 16.2. The first-order valence-electron chi connectivity index (χ1n) is 7.55. The van der Waals surface area contributed by atoms with E-state index in [1.165, 1.54) is 0 Å². The summed E-state index contributed by atoms with van der Waals surface area (Å²) in [6, 6.07) is 3.95. The molecule has 0 saturated carbocycles. The van der Waals surface area contributed by atoms with Crippen LogP contribution in [0.25, 0.3) is 0 Å². The van der Waals surface area contributed by atoms with E-state index in [1.807, 2.05) is 18.3 Å². The normalized spacial score (nSPS) is 19.6.